The first-order chi connectivity index (χ1) is 8.65. The van der Waals surface area contributed by atoms with Gasteiger partial charge in [-0.15, -0.1) is 0 Å². The predicted octanol–water partition coefficient (Wildman–Crippen LogP) is 2.97. The molecular weight excluding hydrogens is 224 g/mol. The van der Waals surface area contributed by atoms with Gasteiger partial charge in [0.15, 0.2) is 0 Å². The highest BCUT2D eigenvalue weighted by molar-refractivity contribution is 5.20. The SMILES string of the molecule is CNCC1CCCN(C(C)C)C1c1occc1C. The summed E-state index contributed by atoms with van der Waals surface area (Å²) in [6.07, 6.45) is 4.41. The van der Waals surface area contributed by atoms with Crippen LogP contribution in [0.25, 0.3) is 0 Å². The fourth-order valence-electron chi connectivity index (χ4n) is 3.21. The van der Waals surface area contributed by atoms with Crippen molar-refractivity contribution in [2.75, 3.05) is 20.1 Å². The Labute approximate surface area is 111 Å². The van der Waals surface area contributed by atoms with E-state index in [0.717, 1.165) is 6.54 Å². The molecule has 2 rings (SSSR count). The van der Waals surface area contributed by atoms with Crippen molar-refractivity contribution in [2.24, 2.45) is 5.92 Å². The van der Waals surface area contributed by atoms with Gasteiger partial charge in [-0.25, -0.2) is 0 Å². The molecule has 0 spiro atoms. The fraction of sp³-hybridized carbons (Fsp3) is 0.733. The molecule has 18 heavy (non-hydrogen) atoms. The van der Waals surface area contributed by atoms with Crippen molar-refractivity contribution in [2.45, 2.75) is 45.7 Å². The Morgan fingerprint density at radius 1 is 1.50 bits per heavy atom. The summed E-state index contributed by atoms with van der Waals surface area (Å²) < 4.78 is 5.79. The maximum Gasteiger partial charge on any atom is 0.124 e. The second kappa shape index (κ2) is 5.89. The lowest BCUT2D eigenvalue weighted by Crippen LogP contribution is -2.45. The molecule has 2 atom stereocenters. The summed E-state index contributed by atoms with van der Waals surface area (Å²) in [5, 5.41) is 3.34. The van der Waals surface area contributed by atoms with Crippen LogP contribution in [0.2, 0.25) is 0 Å². The van der Waals surface area contributed by atoms with Gasteiger partial charge in [0.05, 0.1) is 12.3 Å². The number of hydrogen-bond acceptors (Lipinski definition) is 3. The van der Waals surface area contributed by atoms with Gasteiger partial charge in [0.25, 0.3) is 0 Å². The zero-order chi connectivity index (χ0) is 13.1. The Morgan fingerprint density at radius 2 is 2.28 bits per heavy atom. The van der Waals surface area contributed by atoms with E-state index in [1.54, 1.807) is 0 Å². The molecule has 2 unspecified atom stereocenters. The molecule has 1 aliphatic heterocycles. The van der Waals surface area contributed by atoms with Crippen LogP contribution in [0.5, 0.6) is 0 Å². The van der Waals surface area contributed by atoms with Gasteiger partial charge in [-0.05, 0) is 71.3 Å². The Hall–Kier alpha value is -0.800. The highest BCUT2D eigenvalue weighted by Gasteiger charge is 2.36. The first-order valence-electron chi connectivity index (χ1n) is 7.09. The molecule has 0 saturated carbocycles. The standard InChI is InChI=1S/C15H26N2O/c1-11(2)17-8-5-6-13(10-16-4)14(17)15-12(3)7-9-18-15/h7,9,11,13-14,16H,5-6,8,10H2,1-4H3. The van der Waals surface area contributed by atoms with E-state index < -0.39 is 0 Å². The molecule has 1 aliphatic rings. The minimum atomic E-state index is 0.432. The van der Waals surface area contributed by atoms with Crippen LogP contribution in [0.4, 0.5) is 0 Å². The maximum absolute atomic E-state index is 5.79. The Kier molecular flexibility index (Phi) is 4.46. The molecule has 102 valence electrons. The zero-order valence-electron chi connectivity index (χ0n) is 12.1. The average molecular weight is 250 g/mol. The highest BCUT2D eigenvalue weighted by atomic mass is 16.3. The van der Waals surface area contributed by atoms with E-state index in [2.05, 4.69) is 37.1 Å². The number of aryl methyl sites for hydroxylation is 1. The lowest BCUT2D eigenvalue weighted by Gasteiger charge is -2.43. The molecule has 0 aliphatic carbocycles. The van der Waals surface area contributed by atoms with Gasteiger partial charge in [-0.3, -0.25) is 4.90 Å². The summed E-state index contributed by atoms with van der Waals surface area (Å²) in [5.74, 6) is 1.82. The van der Waals surface area contributed by atoms with Gasteiger partial charge in [-0.2, -0.15) is 0 Å². The number of likely N-dealkylation sites (tertiary alicyclic amines) is 1. The normalized spacial score (nSPS) is 25.8. The number of hydrogen-bond donors (Lipinski definition) is 1. The average Bonchev–Trinajstić information content (AvgIpc) is 2.75. The van der Waals surface area contributed by atoms with Crippen LogP contribution in [0, 0.1) is 12.8 Å². The third kappa shape index (κ3) is 2.62. The minimum absolute atomic E-state index is 0.432. The van der Waals surface area contributed by atoms with Gasteiger partial charge >= 0.3 is 0 Å². The van der Waals surface area contributed by atoms with Gasteiger partial charge < -0.3 is 9.73 Å². The summed E-state index contributed by atoms with van der Waals surface area (Å²) in [4.78, 5) is 2.59. The molecule has 1 N–H and O–H groups in total. The number of furan rings is 1. The molecule has 0 amide bonds. The summed E-state index contributed by atoms with van der Waals surface area (Å²) in [6.45, 7) is 8.97. The first kappa shape index (κ1) is 13.6. The van der Waals surface area contributed by atoms with E-state index in [9.17, 15) is 0 Å². The number of rotatable bonds is 4. The third-order valence-electron chi connectivity index (χ3n) is 4.09. The Bertz CT molecular complexity index is 370. The van der Waals surface area contributed by atoms with Crippen LogP contribution < -0.4 is 5.32 Å². The van der Waals surface area contributed by atoms with Crippen molar-refractivity contribution in [1.82, 2.24) is 10.2 Å². The largest absolute Gasteiger partial charge is 0.467 e. The lowest BCUT2D eigenvalue weighted by molar-refractivity contribution is 0.0491. The first-order valence-corrected chi connectivity index (χ1v) is 7.09. The molecule has 0 radical (unpaired) electrons. The highest BCUT2D eigenvalue weighted by Crippen LogP contribution is 2.38. The molecule has 0 aromatic carbocycles. The van der Waals surface area contributed by atoms with Gasteiger partial charge in [0.1, 0.15) is 5.76 Å². The summed E-state index contributed by atoms with van der Waals surface area (Å²) in [6, 6.07) is 3.08. The summed E-state index contributed by atoms with van der Waals surface area (Å²) >= 11 is 0. The minimum Gasteiger partial charge on any atom is -0.467 e. The third-order valence-corrected chi connectivity index (χ3v) is 4.09. The Morgan fingerprint density at radius 3 is 2.83 bits per heavy atom. The molecule has 3 heteroatoms. The molecule has 0 bridgehead atoms. The van der Waals surface area contributed by atoms with Gasteiger partial charge in [0, 0.05) is 6.04 Å². The fourth-order valence-corrected chi connectivity index (χ4v) is 3.21. The van der Waals surface area contributed by atoms with Crippen molar-refractivity contribution in [3.8, 4) is 0 Å². The van der Waals surface area contributed by atoms with Crippen LogP contribution in [0.1, 0.15) is 44.1 Å². The monoisotopic (exact) mass is 250 g/mol. The summed E-state index contributed by atoms with van der Waals surface area (Å²) in [7, 11) is 2.04. The van der Waals surface area contributed by atoms with E-state index in [4.69, 9.17) is 4.42 Å². The van der Waals surface area contributed by atoms with Crippen LogP contribution in [0.15, 0.2) is 16.7 Å². The zero-order valence-corrected chi connectivity index (χ0v) is 12.1. The Balaban J connectivity index is 2.29. The quantitative estimate of drug-likeness (QED) is 0.890. The van der Waals surface area contributed by atoms with Crippen molar-refractivity contribution in [1.29, 1.82) is 0 Å². The van der Waals surface area contributed by atoms with Crippen molar-refractivity contribution < 1.29 is 4.42 Å². The molecule has 1 aromatic rings. The summed E-state index contributed by atoms with van der Waals surface area (Å²) in [5.41, 5.74) is 1.29. The molecule has 1 aromatic heterocycles. The number of nitrogens with one attached hydrogen (secondary N) is 1. The smallest absolute Gasteiger partial charge is 0.124 e. The topological polar surface area (TPSA) is 28.4 Å². The number of nitrogens with zero attached hydrogens (tertiary/aromatic N) is 1. The van der Waals surface area contributed by atoms with E-state index in [1.807, 2.05) is 13.3 Å². The second-order valence-corrected chi connectivity index (χ2v) is 5.70. The second-order valence-electron chi connectivity index (χ2n) is 5.70. The van der Waals surface area contributed by atoms with Crippen LogP contribution in [0.3, 0.4) is 0 Å². The molecule has 1 saturated heterocycles. The van der Waals surface area contributed by atoms with Gasteiger partial charge in [-0.1, -0.05) is 0 Å². The van der Waals surface area contributed by atoms with Gasteiger partial charge in [0.2, 0.25) is 0 Å². The van der Waals surface area contributed by atoms with Crippen LogP contribution in [-0.2, 0) is 0 Å². The van der Waals surface area contributed by atoms with Crippen molar-refractivity contribution in [3.63, 3.8) is 0 Å². The molecule has 2 heterocycles. The van der Waals surface area contributed by atoms with E-state index in [0.29, 0.717) is 18.0 Å². The van der Waals surface area contributed by atoms with E-state index in [-0.39, 0.29) is 0 Å². The predicted molar refractivity (Wildman–Crippen MR) is 74.7 cm³/mol. The van der Waals surface area contributed by atoms with Crippen molar-refractivity contribution >= 4 is 0 Å². The van der Waals surface area contributed by atoms with E-state index >= 15 is 0 Å². The van der Waals surface area contributed by atoms with Crippen LogP contribution >= 0.6 is 0 Å². The van der Waals surface area contributed by atoms with Crippen molar-refractivity contribution in [3.05, 3.63) is 23.7 Å². The molecule has 3 nitrogen and oxygen atoms in total. The molecular formula is C15H26N2O. The molecule has 1 fully saturated rings. The lowest BCUT2D eigenvalue weighted by atomic mass is 9.85. The maximum atomic E-state index is 5.79. The number of piperidine rings is 1. The van der Waals surface area contributed by atoms with E-state index in [1.165, 1.54) is 30.7 Å². The van der Waals surface area contributed by atoms with Crippen LogP contribution in [-0.4, -0.2) is 31.1 Å².